The van der Waals surface area contributed by atoms with Crippen molar-refractivity contribution in [3.63, 3.8) is 0 Å². The van der Waals surface area contributed by atoms with Crippen molar-refractivity contribution < 1.29 is 4.42 Å². The van der Waals surface area contributed by atoms with Crippen LogP contribution in [-0.4, -0.2) is 24.0 Å². The molecule has 0 aliphatic heterocycles. The van der Waals surface area contributed by atoms with E-state index in [9.17, 15) is 0 Å². The molecule has 1 heterocycles. The van der Waals surface area contributed by atoms with Crippen molar-refractivity contribution in [1.82, 2.24) is 10.2 Å². The lowest BCUT2D eigenvalue weighted by Gasteiger charge is -2.19. The summed E-state index contributed by atoms with van der Waals surface area (Å²) < 4.78 is 5.88. The fraction of sp³-hybridized carbons (Fsp3) is 0.733. The molecule has 2 rings (SSSR count). The van der Waals surface area contributed by atoms with Crippen LogP contribution in [0.5, 0.6) is 0 Å². The van der Waals surface area contributed by atoms with E-state index in [1.807, 2.05) is 0 Å². The van der Waals surface area contributed by atoms with E-state index in [1.165, 1.54) is 25.7 Å². The molecule has 0 radical (unpaired) electrons. The van der Waals surface area contributed by atoms with E-state index >= 15 is 0 Å². The topological polar surface area (TPSA) is 28.4 Å². The van der Waals surface area contributed by atoms with Crippen molar-refractivity contribution >= 4 is 0 Å². The first-order chi connectivity index (χ1) is 8.81. The zero-order valence-electron chi connectivity index (χ0n) is 11.7. The number of furan rings is 1. The van der Waals surface area contributed by atoms with Crippen molar-refractivity contribution in [2.75, 3.05) is 13.1 Å². The van der Waals surface area contributed by atoms with Gasteiger partial charge in [0.05, 0.1) is 13.1 Å². The van der Waals surface area contributed by atoms with E-state index in [0.717, 1.165) is 43.7 Å². The Morgan fingerprint density at radius 2 is 1.83 bits per heavy atom. The van der Waals surface area contributed by atoms with Gasteiger partial charge < -0.3 is 9.73 Å². The van der Waals surface area contributed by atoms with Gasteiger partial charge in [0.2, 0.25) is 0 Å². The molecule has 1 N–H and O–H groups in total. The zero-order valence-corrected chi connectivity index (χ0v) is 11.7. The minimum atomic E-state index is 0.746. The molecule has 102 valence electrons. The molecular formula is C15H26N2O. The van der Waals surface area contributed by atoms with Crippen LogP contribution in [0.25, 0.3) is 0 Å². The highest BCUT2D eigenvalue weighted by molar-refractivity contribution is 5.07. The third kappa shape index (κ3) is 4.46. The van der Waals surface area contributed by atoms with E-state index in [4.69, 9.17) is 4.42 Å². The summed E-state index contributed by atoms with van der Waals surface area (Å²) in [6, 6.07) is 4.98. The fourth-order valence-corrected chi connectivity index (χ4v) is 2.26. The minimum absolute atomic E-state index is 0.746. The fourth-order valence-electron chi connectivity index (χ4n) is 2.26. The molecule has 3 nitrogen and oxygen atoms in total. The molecule has 1 fully saturated rings. The van der Waals surface area contributed by atoms with Gasteiger partial charge in [-0.25, -0.2) is 0 Å². The highest BCUT2D eigenvalue weighted by Crippen LogP contribution is 2.20. The van der Waals surface area contributed by atoms with Gasteiger partial charge >= 0.3 is 0 Å². The second-order valence-electron chi connectivity index (χ2n) is 5.30. The van der Waals surface area contributed by atoms with Gasteiger partial charge in [0.1, 0.15) is 11.5 Å². The Hall–Kier alpha value is -0.800. The van der Waals surface area contributed by atoms with Gasteiger partial charge in [0.15, 0.2) is 0 Å². The summed E-state index contributed by atoms with van der Waals surface area (Å²) in [5.41, 5.74) is 0. The maximum atomic E-state index is 5.88. The lowest BCUT2D eigenvalue weighted by molar-refractivity contribution is 0.241. The largest absolute Gasteiger partial charge is 0.463 e. The number of rotatable bonds is 9. The molecule has 1 aliphatic carbocycles. The van der Waals surface area contributed by atoms with Gasteiger partial charge in [0.25, 0.3) is 0 Å². The molecule has 0 spiro atoms. The van der Waals surface area contributed by atoms with Crippen LogP contribution in [0, 0.1) is 0 Å². The summed E-state index contributed by atoms with van der Waals surface area (Å²) >= 11 is 0. The average Bonchev–Trinajstić information content (AvgIpc) is 3.08. The van der Waals surface area contributed by atoms with Crippen LogP contribution in [0.3, 0.4) is 0 Å². The maximum Gasteiger partial charge on any atom is 0.118 e. The molecule has 1 aliphatic rings. The van der Waals surface area contributed by atoms with Crippen molar-refractivity contribution in [3.8, 4) is 0 Å². The van der Waals surface area contributed by atoms with Crippen LogP contribution >= 0.6 is 0 Å². The molecule has 3 heteroatoms. The second kappa shape index (κ2) is 6.95. The Morgan fingerprint density at radius 3 is 2.44 bits per heavy atom. The highest BCUT2D eigenvalue weighted by Gasteiger charge is 2.20. The highest BCUT2D eigenvalue weighted by atomic mass is 16.3. The van der Waals surface area contributed by atoms with Gasteiger partial charge in [-0.2, -0.15) is 0 Å². The molecule has 0 bridgehead atoms. The molecule has 1 aromatic rings. The van der Waals surface area contributed by atoms with E-state index < -0.39 is 0 Å². The van der Waals surface area contributed by atoms with E-state index in [-0.39, 0.29) is 0 Å². The molecule has 1 aromatic heterocycles. The summed E-state index contributed by atoms with van der Waals surface area (Å²) in [7, 11) is 0. The van der Waals surface area contributed by atoms with Crippen molar-refractivity contribution in [2.24, 2.45) is 0 Å². The van der Waals surface area contributed by atoms with Gasteiger partial charge in [-0.1, -0.05) is 13.8 Å². The SMILES string of the molecule is CCCN(CCC)Cc1ccc(CNC2CC2)o1. The predicted octanol–water partition coefficient (Wildman–Crippen LogP) is 3.15. The number of nitrogens with zero attached hydrogens (tertiary/aromatic N) is 1. The summed E-state index contributed by atoms with van der Waals surface area (Å²) in [4.78, 5) is 2.47. The minimum Gasteiger partial charge on any atom is -0.463 e. The molecule has 0 atom stereocenters. The van der Waals surface area contributed by atoms with Crippen LogP contribution in [0.1, 0.15) is 51.1 Å². The zero-order chi connectivity index (χ0) is 12.8. The van der Waals surface area contributed by atoms with Crippen molar-refractivity contribution in [1.29, 1.82) is 0 Å². The third-order valence-electron chi connectivity index (χ3n) is 3.32. The molecule has 0 unspecified atom stereocenters. The van der Waals surface area contributed by atoms with Crippen molar-refractivity contribution in [3.05, 3.63) is 23.7 Å². The molecule has 0 saturated heterocycles. The standard InChI is InChI=1S/C15H26N2O/c1-3-9-17(10-4-2)12-15-8-7-14(18-15)11-16-13-5-6-13/h7-8,13,16H,3-6,9-12H2,1-2H3. The molecule has 0 amide bonds. The molecular weight excluding hydrogens is 224 g/mol. The first-order valence-electron chi connectivity index (χ1n) is 7.35. The summed E-state index contributed by atoms with van der Waals surface area (Å²) in [5, 5.41) is 3.48. The van der Waals surface area contributed by atoms with Crippen LogP contribution in [0.2, 0.25) is 0 Å². The summed E-state index contributed by atoms with van der Waals surface area (Å²) in [6.07, 6.45) is 5.07. The average molecular weight is 250 g/mol. The first kappa shape index (κ1) is 13.6. The maximum absolute atomic E-state index is 5.88. The first-order valence-corrected chi connectivity index (χ1v) is 7.35. The Balaban J connectivity index is 1.79. The Bertz CT molecular complexity index is 338. The molecule has 18 heavy (non-hydrogen) atoms. The molecule has 0 aromatic carbocycles. The van der Waals surface area contributed by atoms with Crippen LogP contribution in [-0.2, 0) is 13.1 Å². The predicted molar refractivity (Wildman–Crippen MR) is 74.4 cm³/mol. The number of hydrogen-bond acceptors (Lipinski definition) is 3. The van der Waals surface area contributed by atoms with Crippen LogP contribution in [0.15, 0.2) is 16.5 Å². The summed E-state index contributed by atoms with van der Waals surface area (Å²) in [6.45, 7) is 8.61. The quantitative estimate of drug-likeness (QED) is 0.730. The lowest BCUT2D eigenvalue weighted by atomic mass is 10.3. The Kier molecular flexibility index (Phi) is 5.26. The smallest absolute Gasteiger partial charge is 0.118 e. The Labute approximate surface area is 111 Å². The second-order valence-corrected chi connectivity index (χ2v) is 5.30. The normalized spacial score (nSPS) is 15.5. The van der Waals surface area contributed by atoms with E-state index in [0.29, 0.717) is 0 Å². The Morgan fingerprint density at radius 1 is 1.17 bits per heavy atom. The van der Waals surface area contributed by atoms with E-state index in [2.05, 4.69) is 36.2 Å². The van der Waals surface area contributed by atoms with Crippen LogP contribution < -0.4 is 5.32 Å². The van der Waals surface area contributed by atoms with E-state index in [1.54, 1.807) is 0 Å². The third-order valence-corrected chi connectivity index (χ3v) is 3.32. The number of hydrogen-bond donors (Lipinski definition) is 1. The van der Waals surface area contributed by atoms with Gasteiger partial charge in [-0.15, -0.1) is 0 Å². The van der Waals surface area contributed by atoms with Gasteiger partial charge in [-0.3, -0.25) is 4.90 Å². The summed E-state index contributed by atoms with van der Waals surface area (Å²) in [5.74, 6) is 2.18. The number of nitrogens with one attached hydrogen (secondary N) is 1. The van der Waals surface area contributed by atoms with Gasteiger partial charge in [0, 0.05) is 6.04 Å². The van der Waals surface area contributed by atoms with Gasteiger partial charge in [-0.05, 0) is 50.9 Å². The molecule has 1 saturated carbocycles. The monoisotopic (exact) mass is 250 g/mol. The lowest BCUT2D eigenvalue weighted by Crippen LogP contribution is -2.24. The van der Waals surface area contributed by atoms with Crippen molar-refractivity contribution in [2.45, 2.75) is 58.7 Å². The van der Waals surface area contributed by atoms with Crippen LogP contribution in [0.4, 0.5) is 0 Å².